The Morgan fingerprint density at radius 1 is 1.03 bits per heavy atom. The fraction of sp³-hybridized carbons (Fsp3) is 0.433. The monoisotopic (exact) mass is 533 g/mol. The zero-order chi connectivity index (χ0) is 25.9. The lowest BCUT2D eigenvalue weighted by molar-refractivity contribution is -0.161. The first-order valence-electron chi connectivity index (χ1n) is 13.0. The number of thioether (sulfide) groups is 1. The van der Waals surface area contributed by atoms with E-state index in [1.54, 1.807) is 18.1 Å². The van der Waals surface area contributed by atoms with Gasteiger partial charge in [0.25, 0.3) is 5.91 Å². The van der Waals surface area contributed by atoms with E-state index in [9.17, 15) is 9.59 Å². The Labute approximate surface area is 227 Å². The Balaban J connectivity index is 1.22. The van der Waals surface area contributed by atoms with Crippen LogP contribution in [0, 0.1) is 37.0 Å². The van der Waals surface area contributed by atoms with E-state index in [0.717, 1.165) is 41.6 Å². The number of methoxy groups -OCH3 is 1. The largest absolute Gasteiger partial charge is 0.493 e. The zero-order valence-corrected chi connectivity index (χ0v) is 23.0. The Morgan fingerprint density at radius 3 is 2.32 bits per heavy atom. The number of benzene rings is 2. The molecule has 5 aliphatic rings. The predicted molar refractivity (Wildman–Crippen MR) is 151 cm³/mol. The lowest BCUT2D eigenvalue weighted by Gasteiger charge is -2.55. The van der Waals surface area contributed by atoms with Crippen molar-refractivity contribution >= 4 is 51.9 Å². The van der Waals surface area contributed by atoms with E-state index in [1.807, 2.05) is 50.3 Å². The first-order chi connectivity index (χ1) is 17.7. The predicted octanol–water partition coefficient (Wildman–Crippen LogP) is 6.84. The number of aryl methyl sites for hydroxylation is 2. The molecule has 2 aromatic rings. The Kier molecular flexibility index (Phi) is 6.19. The quantitative estimate of drug-likeness (QED) is 0.182. The summed E-state index contributed by atoms with van der Waals surface area (Å²) in [5.41, 5.74) is 3.40. The lowest BCUT2D eigenvalue weighted by atomic mass is 9.49. The third-order valence-corrected chi connectivity index (χ3v) is 9.85. The maximum atomic E-state index is 13.4. The fourth-order valence-corrected chi connectivity index (χ4v) is 8.59. The van der Waals surface area contributed by atoms with E-state index < -0.39 is 0 Å². The SMILES string of the molecule is COc1cc(/C=C2/SC(=S)N(c3ccc(C)cc3C)C2=O)ccc1OC(=O)C12CC3CC(CC(C3)C1)C2. The third kappa shape index (κ3) is 4.40. The molecular weight excluding hydrogens is 502 g/mol. The number of carbonyl (C=O) groups excluding carboxylic acids is 2. The highest BCUT2D eigenvalue weighted by molar-refractivity contribution is 8.27. The lowest BCUT2D eigenvalue weighted by Crippen LogP contribution is -2.51. The molecule has 192 valence electrons. The molecule has 2 aromatic carbocycles. The maximum Gasteiger partial charge on any atom is 0.317 e. The molecule has 1 heterocycles. The summed E-state index contributed by atoms with van der Waals surface area (Å²) in [4.78, 5) is 28.9. The number of hydrogen-bond acceptors (Lipinski definition) is 6. The van der Waals surface area contributed by atoms with Crippen LogP contribution in [0.15, 0.2) is 41.3 Å². The highest BCUT2D eigenvalue weighted by Crippen LogP contribution is 2.60. The standard InChI is InChI=1S/C30H31NO4S2/c1-17-4-6-23(18(2)8-17)31-27(32)26(37-29(31)36)13-19-5-7-24(25(12-19)34-3)35-28(33)30-14-20-9-21(15-30)11-22(10-20)16-30/h4-8,12-13,20-22H,9-11,14-16H2,1-3H3/b26-13+. The molecule has 4 saturated carbocycles. The zero-order valence-electron chi connectivity index (χ0n) is 21.4. The molecule has 0 spiro atoms. The van der Waals surface area contributed by atoms with Crippen LogP contribution in [0.5, 0.6) is 11.5 Å². The maximum absolute atomic E-state index is 13.4. The minimum atomic E-state index is -0.333. The van der Waals surface area contributed by atoms with Gasteiger partial charge < -0.3 is 9.47 Å². The van der Waals surface area contributed by atoms with Crippen LogP contribution >= 0.6 is 24.0 Å². The Bertz CT molecular complexity index is 1310. The van der Waals surface area contributed by atoms with Gasteiger partial charge in [-0.15, -0.1) is 0 Å². The van der Waals surface area contributed by atoms with Gasteiger partial charge in [0.05, 0.1) is 23.1 Å². The van der Waals surface area contributed by atoms with E-state index in [-0.39, 0.29) is 17.3 Å². The van der Waals surface area contributed by atoms with Crippen LogP contribution in [0.3, 0.4) is 0 Å². The second-order valence-corrected chi connectivity index (χ2v) is 13.0. The summed E-state index contributed by atoms with van der Waals surface area (Å²) in [6, 6.07) is 11.4. The van der Waals surface area contributed by atoms with Gasteiger partial charge in [-0.3, -0.25) is 14.5 Å². The van der Waals surface area contributed by atoms with Crippen LogP contribution in [0.2, 0.25) is 0 Å². The van der Waals surface area contributed by atoms with Crippen molar-refractivity contribution in [3.63, 3.8) is 0 Å². The Hall–Kier alpha value is -2.64. The summed E-state index contributed by atoms with van der Waals surface area (Å²) in [7, 11) is 1.57. The van der Waals surface area contributed by atoms with Gasteiger partial charge in [-0.2, -0.15) is 0 Å². The van der Waals surface area contributed by atoms with Gasteiger partial charge in [-0.1, -0.05) is 47.7 Å². The van der Waals surface area contributed by atoms with Gasteiger partial charge in [0, 0.05) is 0 Å². The van der Waals surface area contributed by atoms with Crippen molar-refractivity contribution in [2.45, 2.75) is 52.4 Å². The van der Waals surface area contributed by atoms with E-state index in [4.69, 9.17) is 21.7 Å². The van der Waals surface area contributed by atoms with Crippen LogP contribution < -0.4 is 14.4 Å². The number of amides is 1. The van der Waals surface area contributed by atoms with Crippen molar-refractivity contribution in [3.05, 3.63) is 58.0 Å². The smallest absolute Gasteiger partial charge is 0.317 e. The minimum absolute atomic E-state index is 0.105. The first kappa shape index (κ1) is 24.7. The van der Waals surface area contributed by atoms with E-state index in [1.165, 1.54) is 31.0 Å². The number of esters is 1. The van der Waals surface area contributed by atoms with Gasteiger partial charge in [-0.05, 0) is 106 Å². The number of carbonyl (C=O) groups is 2. The summed E-state index contributed by atoms with van der Waals surface area (Å²) in [5, 5.41) is 0. The fourth-order valence-electron chi connectivity index (χ4n) is 7.31. The van der Waals surface area contributed by atoms with E-state index >= 15 is 0 Å². The average molecular weight is 534 g/mol. The normalized spacial score (nSPS) is 29.3. The number of rotatable bonds is 5. The number of nitrogens with zero attached hydrogens (tertiary/aromatic N) is 1. The molecule has 0 N–H and O–H groups in total. The van der Waals surface area contributed by atoms with E-state index in [2.05, 4.69) is 0 Å². The molecule has 0 unspecified atom stereocenters. The molecule has 4 aliphatic carbocycles. The molecule has 5 fully saturated rings. The number of thiocarbonyl (C=S) groups is 1. The van der Waals surface area contributed by atoms with Gasteiger partial charge >= 0.3 is 5.97 Å². The number of anilines is 1. The van der Waals surface area contributed by atoms with Gasteiger partial charge in [0.15, 0.2) is 15.8 Å². The summed E-state index contributed by atoms with van der Waals surface area (Å²) in [5.74, 6) is 2.69. The van der Waals surface area contributed by atoms with Crippen molar-refractivity contribution < 1.29 is 19.1 Å². The number of ether oxygens (including phenoxy) is 2. The van der Waals surface area contributed by atoms with Crippen molar-refractivity contribution in [1.82, 2.24) is 0 Å². The molecule has 37 heavy (non-hydrogen) atoms. The molecule has 0 atom stereocenters. The second kappa shape index (κ2) is 9.28. The summed E-state index contributed by atoms with van der Waals surface area (Å²) in [6.07, 6.45) is 8.53. The molecule has 4 bridgehead atoms. The molecule has 0 radical (unpaired) electrons. The molecule has 1 aliphatic heterocycles. The van der Waals surface area contributed by atoms with Crippen LogP contribution in [-0.2, 0) is 9.59 Å². The van der Waals surface area contributed by atoms with Gasteiger partial charge in [0.1, 0.15) is 0 Å². The van der Waals surface area contributed by atoms with Gasteiger partial charge in [0.2, 0.25) is 0 Å². The van der Waals surface area contributed by atoms with Crippen molar-refractivity contribution in [2.24, 2.45) is 23.2 Å². The molecule has 7 heteroatoms. The molecular formula is C30H31NO4S2. The molecule has 0 aromatic heterocycles. The topological polar surface area (TPSA) is 55.8 Å². The summed E-state index contributed by atoms with van der Waals surface area (Å²) >= 11 is 6.84. The third-order valence-electron chi connectivity index (χ3n) is 8.55. The summed E-state index contributed by atoms with van der Waals surface area (Å²) < 4.78 is 12.1. The van der Waals surface area contributed by atoms with Gasteiger partial charge in [-0.25, -0.2) is 0 Å². The van der Waals surface area contributed by atoms with Crippen molar-refractivity contribution in [2.75, 3.05) is 12.0 Å². The minimum Gasteiger partial charge on any atom is -0.493 e. The van der Waals surface area contributed by atoms with Crippen LogP contribution in [0.25, 0.3) is 6.08 Å². The molecule has 1 saturated heterocycles. The molecule has 5 nitrogen and oxygen atoms in total. The van der Waals surface area contributed by atoms with Crippen LogP contribution in [0.4, 0.5) is 5.69 Å². The highest BCUT2D eigenvalue weighted by Gasteiger charge is 2.55. The first-order valence-corrected chi connectivity index (χ1v) is 14.2. The van der Waals surface area contributed by atoms with Crippen molar-refractivity contribution in [1.29, 1.82) is 0 Å². The van der Waals surface area contributed by atoms with Crippen LogP contribution in [0.1, 0.15) is 55.2 Å². The molecule has 1 amide bonds. The summed E-state index contributed by atoms with van der Waals surface area (Å²) in [6.45, 7) is 4.01. The van der Waals surface area contributed by atoms with Crippen LogP contribution in [-0.4, -0.2) is 23.3 Å². The average Bonchev–Trinajstić information content (AvgIpc) is 3.11. The Morgan fingerprint density at radius 2 is 1.70 bits per heavy atom. The number of hydrogen-bond donors (Lipinski definition) is 0. The molecule has 7 rings (SSSR count). The van der Waals surface area contributed by atoms with Crippen molar-refractivity contribution in [3.8, 4) is 11.5 Å². The van der Waals surface area contributed by atoms with E-state index in [0.29, 0.717) is 38.5 Å². The second-order valence-electron chi connectivity index (χ2n) is 11.3. The highest BCUT2D eigenvalue weighted by atomic mass is 32.2.